The minimum Gasteiger partial charge on any atom is -0.508 e. The average Bonchev–Trinajstić information content (AvgIpc) is 2.90. The number of hydrogen-bond acceptors (Lipinski definition) is 5. The van der Waals surface area contributed by atoms with E-state index in [1.54, 1.807) is 24.3 Å². The van der Waals surface area contributed by atoms with Crippen LogP contribution in [0.5, 0.6) is 5.75 Å². The summed E-state index contributed by atoms with van der Waals surface area (Å²) < 4.78 is 0. The molecule has 3 rings (SSSR count). The summed E-state index contributed by atoms with van der Waals surface area (Å²) in [5.74, 6) is -0.668. The largest absolute Gasteiger partial charge is 0.508 e. The number of hydrogen-bond donors (Lipinski definition) is 5. The highest BCUT2D eigenvalue weighted by molar-refractivity contribution is 5.79. The topological polar surface area (TPSA) is 116 Å². The minimum atomic E-state index is -1.02. The number of rotatable bonds is 13. The van der Waals surface area contributed by atoms with Crippen molar-refractivity contribution in [1.82, 2.24) is 5.32 Å². The molecule has 0 aliphatic heterocycles. The molecule has 3 aromatic carbocycles. The number of phenols is 1. The molecule has 0 aliphatic rings. The fourth-order valence-corrected chi connectivity index (χ4v) is 4.67. The monoisotopic (exact) mass is 516 g/mol. The maximum absolute atomic E-state index is 13.1. The van der Waals surface area contributed by atoms with E-state index >= 15 is 0 Å². The number of aliphatic hydroxyl groups is 2. The van der Waals surface area contributed by atoms with E-state index < -0.39 is 24.2 Å². The van der Waals surface area contributed by atoms with Gasteiger partial charge in [0.25, 0.3) is 0 Å². The normalized spacial score (nSPS) is 14.7. The third-order valence-corrected chi connectivity index (χ3v) is 6.93. The van der Waals surface area contributed by atoms with E-state index in [2.05, 4.69) is 5.32 Å². The lowest BCUT2D eigenvalue weighted by atomic mass is 9.91. The molecule has 0 bridgehead atoms. The predicted octanol–water partition coefficient (Wildman–Crippen LogP) is 3.76. The Morgan fingerprint density at radius 3 is 2.11 bits per heavy atom. The van der Waals surface area contributed by atoms with Crippen LogP contribution in [0.4, 0.5) is 0 Å². The Hall–Kier alpha value is -3.45. The van der Waals surface area contributed by atoms with Gasteiger partial charge < -0.3 is 26.4 Å². The number of carbonyl (C=O) groups is 1. The van der Waals surface area contributed by atoms with Crippen LogP contribution in [0.15, 0.2) is 84.9 Å². The lowest BCUT2D eigenvalue weighted by molar-refractivity contribution is -0.127. The first-order chi connectivity index (χ1) is 18.2. The summed E-state index contributed by atoms with van der Waals surface area (Å²) in [6.45, 7) is 4.30. The maximum atomic E-state index is 13.1. The van der Waals surface area contributed by atoms with Crippen molar-refractivity contribution in [2.45, 2.75) is 57.8 Å². The summed E-state index contributed by atoms with van der Waals surface area (Å²) in [6.07, 6.45) is 3.26. The van der Waals surface area contributed by atoms with Crippen LogP contribution in [-0.4, -0.2) is 46.0 Å². The maximum Gasteiger partial charge on any atom is 0.226 e. The van der Waals surface area contributed by atoms with Gasteiger partial charge in [0.2, 0.25) is 5.91 Å². The summed E-state index contributed by atoms with van der Waals surface area (Å²) in [5.41, 5.74) is 11.2. The SMILES string of the molecule is Cc1cc(O)cc(C)c1C[C@H](N)[C@@H](O)C/C=C/[C@H](O)[C@@H](Cc1ccccc1)C(=O)NCCc1ccccc1. The standard InChI is InChI=1S/C32H40N2O4/c1-22-18-26(35)19-23(2)27(22)21-29(33)31(37)15-9-14-30(36)28(20-25-12-7-4-8-13-25)32(38)34-17-16-24-10-5-3-6-11-24/h3-14,18-19,28-31,35-37H,15-17,20-21,33H2,1-2H3,(H,34,38)/b14-9+/t28-,29+,30+,31+/m1/s1. The number of carbonyl (C=O) groups excluding carboxylic acids is 1. The Kier molecular flexibility index (Phi) is 11.1. The van der Waals surface area contributed by atoms with Gasteiger partial charge in [-0.05, 0) is 79.5 Å². The van der Waals surface area contributed by atoms with Crippen LogP contribution < -0.4 is 11.1 Å². The molecule has 38 heavy (non-hydrogen) atoms. The van der Waals surface area contributed by atoms with Gasteiger partial charge in [-0.25, -0.2) is 0 Å². The molecule has 4 atom stereocenters. The number of phenolic OH excluding ortho intramolecular Hbond substituents is 1. The molecule has 0 aliphatic carbocycles. The van der Waals surface area contributed by atoms with E-state index in [-0.39, 0.29) is 18.1 Å². The van der Waals surface area contributed by atoms with E-state index in [4.69, 9.17) is 5.73 Å². The van der Waals surface area contributed by atoms with Crippen molar-refractivity contribution in [3.8, 4) is 5.75 Å². The van der Waals surface area contributed by atoms with Crippen molar-refractivity contribution in [3.05, 3.63) is 113 Å². The molecule has 6 N–H and O–H groups in total. The number of benzene rings is 3. The predicted molar refractivity (Wildman–Crippen MR) is 152 cm³/mol. The third-order valence-electron chi connectivity index (χ3n) is 6.93. The number of nitrogens with one attached hydrogen (secondary N) is 1. The van der Waals surface area contributed by atoms with Gasteiger partial charge in [0.1, 0.15) is 5.75 Å². The van der Waals surface area contributed by atoms with Gasteiger partial charge in [0, 0.05) is 12.6 Å². The molecular weight excluding hydrogens is 476 g/mol. The van der Waals surface area contributed by atoms with Crippen LogP contribution in [0.3, 0.4) is 0 Å². The second-order valence-electron chi connectivity index (χ2n) is 9.97. The van der Waals surface area contributed by atoms with Gasteiger partial charge in [0.15, 0.2) is 0 Å². The summed E-state index contributed by atoms with van der Waals surface area (Å²) >= 11 is 0. The van der Waals surface area contributed by atoms with Gasteiger partial charge in [-0.15, -0.1) is 0 Å². The first kappa shape index (κ1) is 29.1. The van der Waals surface area contributed by atoms with Gasteiger partial charge in [-0.1, -0.05) is 72.8 Å². The molecule has 0 spiro atoms. The van der Waals surface area contributed by atoms with Crippen LogP contribution in [-0.2, 0) is 24.1 Å². The Balaban J connectivity index is 1.59. The molecule has 0 aromatic heterocycles. The average molecular weight is 517 g/mol. The van der Waals surface area contributed by atoms with Crippen LogP contribution in [0.1, 0.15) is 34.2 Å². The highest BCUT2D eigenvalue weighted by Crippen LogP contribution is 2.23. The molecule has 0 radical (unpaired) electrons. The van der Waals surface area contributed by atoms with Crippen LogP contribution in [0.2, 0.25) is 0 Å². The highest BCUT2D eigenvalue weighted by Gasteiger charge is 2.25. The van der Waals surface area contributed by atoms with E-state index in [0.29, 0.717) is 25.8 Å². The van der Waals surface area contributed by atoms with Crippen molar-refractivity contribution in [2.75, 3.05) is 6.54 Å². The van der Waals surface area contributed by atoms with Gasteiger partial charge >= 0.3 is 0 Å². The summed E-state index contributed by atoms with van der Waals surface area (Å²) in [4.78, 5) is 13.1. The molecule has 6 heteroatoms. The van der Waals surface area contributed by atoms with Crippen molar-refractivity contribution in [1.29, 1.82) is 0 Å². The second kappa shape index (κ2) is 14.5. The Morgan fingerprint density at radius 1 is 0.921 bits per heavy atom. The zero-order chi connectivity index (χ0) is 27.5. The molecule has 0 heterocycles. The lowest BCUT2D eigenvalue weighted by Gasteiger charge is -2.22. The Bertz CT molecular complexity index is 1160. The van der Waals surface area contributed by atoms with Crippen LogP contribution >= 0.6 is 0 Å². The minimum absolute atomic E-state index is 0.211. The van der Waals surface area contributed by atoms with Gasteiger partial charge in [0.05, 0.1) is 18.1 Å². The van der Waals surface area contributed by atoms with E-state index in [1.165, 1.54) is 0 Å². The number of nitrogens with two attached hydrogens (primary N) is 1. The zero-order valence-corrected chi connectivity index (χ0v) is 22.3. The quantitative estimate of drug-likeness (QED) is 0.222. The van der Waals surface area contributed by atoms with Gasteiger partial charge in [-0.3, -0.25) is 4.79 Å². The number of amides is 1. The molecule has 202 valence electrons. The first-order valence-corrected chi connectivity index (χ1v) is 13.2. The summed E-state index contributed by atoms with van der Waals surface area (Å²) in [6, 6.07) is 22.4. The van der Waals surface area contributed by atoms with Gasteiger partial charge in [-0.2, -0.15) is 0 Å². The van der Waals surface area contributed by atoms with Crippen LogP contribution in [0, 0.1) is 19.8 Å². The molecule has 0 fully saturated rings. The second-order valence-corrected chi connectivity index (χ2v) is 9.97. The van der Waals surface area contributed by atoms with E-state index in [0.717, 1.165) is 27.8 Å². The molecule has 1 amide bonds. The Labute approximate surface area is 225 Å². The molecule has 0 unspecified atom stereocenters. The molecule has 6 nitrogen and oxygen atoms in total. The van der Waals surface area contributed by atoms with Crippen molar-refractivity contribution in [2.24, 2.45) is 11.7 Å². The smallest absolute Gasteiger partial charge is 0.226 e. The number of aliphatic hydroxyl groups excluding tert-OH is 2. The first-order valence-electron chi connectivity index (χ1n) is 13.2. The third kappa shape index (κ3) is 8.84. The fourth-order valence-electron chi connectivity index (χ4n) is 4.67. The van der Waals surface area contributed by atoms with Crippen molar-refractivity contribution in [3.63, 3.8) is 0 Å². The molecule has 0 saturated heterocycles. The van der Waals surface area contributed by atoms with Crippen molar-refractivity contribution < 1.29 is 20.1 Å². The lowest BCUT2D eigenvalue weighted by Crippen LogP contribution is -2.39. The molecular formula is C32H40N2O4. The van der Waals surface area contributed by atoms with E-state index in [1.807, 2.05) is 74.5 Å². The Morgan fingerprint density at radius 2 is 1.50 bits per heavy atom. The highest BCUT2D eigenvalue weighted by atomic mass is 16.3. The number of aromatic hydroxyl groups is 1. The fraction of sp³-hybridized carbons (Fsp3) is 0.344. The summed E-state index contributed by atoms with van der Waals surface area (Å²) in [7, 11) is 0. The number of aryl methyl sites for hydroxylation is 2. The van der Waals surface area contributed by atoms with Crippen LogP contribution in [0.25, 0.3) is 0 Å². The van der Waals surface area contributed by atoms with Crippen molar-refractivity contribution >= 4 is 5.91 Å². The molecule has 3 aromatic rings. The summed E-state index contributed by atoms with van der Waals surface area (Å²) in [5, 5.41) is 34.3. The zero-order valence-electron chi connectivity index (χ0n) is 22.3. The van der Waals surface area contributed by atoms with E-state index in [9.17, 15) is 20.1 Å². The molecule has 0 saturated carbocycles.